The summed E-state index contributed by atoms with van der Waals surface area (Å²) >= 11 is 0. The van der Waals surface area contributed by atoms with Crippen molar-refractivity contribution in [3.05, 3.63) is 72.4 Å². The number of ether oxygens (including phenoxy) is 4. The number of aromatic nitrogens is 1. The first-order chi connectivity index (χ1) is 18.2. The van der Waals surface area contributed by atoms with Crippen molar-refractivity contribution in [2.75, 3.05) is 25.1 Å². The van der Waals surface area contributed by atoms with Crippen LogP contribution in [0.2, 0.25) is 0 Å². The Morgan fingerprint density at radius 2 is 1.53 bits per heavy atom. The second kappa shape index (κ2) is 11.9. The molecule has 1 saturated heterocycles. The molecule has 0 radical (unpaired) electrons. The number of hydrogen-bond donors (Lipinski definition) is 1. The van der Waals surface area contributed by atoms with Gasteiger partial charge in [0.1, 0.15) is 28.4 Å². The maximum atomic E-state index is 12.6. The lowest BCUT2D eigenvalue weighted by Crippen LogP contribution is -2.46. The van der Waals surface area contributed by atoms with E-state index < -0.39 is 17.7 Å². The van der Waals surface area contributed by atoms with Gasteiger partial charge in [-0.15, -0.1) is 0 Å². The van der Waals surface area contributed by atoms with Gasteiger partial charge >= 0.3 is 12.1 Å². The second-order valence-electron chi connectivity index (χ2n) is 9.93. The quantitative estimate of drug-likeness (QED) is 0.383. The van der Waals surface area contributed by atoms with Crippen LogP contribution in [0.15, 0.2) is 66.9 Å². The molecule has 1 aromatic heterocycles. The Kier molecular flexibility index (Phi) is 8.35. The van der Waals surface area contributed by atoms with E-state index in [0.29, 0.717) is 24.6 Å². The normalized spacial score (nSPS) is 13.9. The number of benzene rings is 2. The molecule has 1 aliphatic rings. The van der Waals surface area contributed by atoms with Gasteiger partial charge < -0.3 is 29.2 Å². The third-order valence-electron chi connectivity index (χ3n) is 5.84. The number of carbonyl (C=O) groups excluding carboxylic acids is 2. The predicted octanol–water partition coefficient (Wildman–Crippen LogP) is 5.95. The van der Waals surface area contributed by atoms with E-state index in [-0.39, 0.29) is 17.5 Å². The van der Waals surface area contributed by atoms with Gasteiger partial charge in [-0.1, -0.05) is 18.2 Å². The summed E-state index contributed by atoms with van der Waals surface area (Å²) in [5.74, 6) is 1.50. The van der Waals surface area contributed by atoms with E-state index in [1.807, 2.05) is 51.1 Å². The van der Waals surface area contributed by atoms with E-state index in [1.165, 1.54) is 7.11 Å². The molecule has 1 aliphatic heterocycles. The van der Waals surface area contributed by atoms with E-state index in [4.69, 9.17) is 18.9 Å². The van der Waals surface area contributed by atoms with Crippen LogP contribution in [-0.2, 0) is 9.47 Å². The minimum atomic E-state index is -0.542. The van der Waals surface area contributed by atoms with Gasteiger partial charge in [0.25, 0.3) is 0 Å². The molecule has 1 amide bonds. The number of alkyl carbamates (subject to hydrolysis) is 1. The monoisotopic (exact) mass is 519 g/mol. The molecule has 9 nitrogen and oxygen atoms in total. The SMILES string of the molecule is COC(=O)c1cc(N2CCC(NC(=O)OC(C)(C)C)CC2)cnc1Oc1ccc(Oc2ccccc2)cc1. The zero-order valence-electron chi connectivity index (χ0n) is 22.1. The summed E-state index contributed by atoms with van der Waals surface area (Å²) in [4.78, 5) is 31.2. The van der Waals surface area contributed by atoms with Crippen molar-refractivity contribution < 1.29 is 28.5 Å². The Morgan fingerprint density at radius 3 is 2.13 bits per heavy atom. The summed E-state index contributed by atoms with van der Waals surface area (Å²) in [7, 11) is 1.32. The molecule has 0 atom stereocenters. The average molecular weight is 520 g/mol. The highest BCUT2D eigenvalue weighted by atomic mass is 16.6. The summed E-state index contributed by atoms with van der Waals surface area (Å²) in [6.45, 7) is 6.88. The topological polar surface area (TPSA) is 99.2 Å². The van der Waals surface area contributed by atoms with Crippen molar-refractivity contribution in [2.45, 2.75) is 45.3 Å². The molecular weight excluding hydrogens is 486 g/mol. The van der Waals surface area contributed by atoms with Crippen molar-refractivity contribution >= 4 is 17.7 Å². The number of carbonyl (C=O) groups is 2. The van der Waals surface area contributed by atoms with E-state index in [1.54, 1.807) is 36.5 Å². The van der Waals surface area contributed by atoms with Crippen LogP contribution in [0.1, 0.15) is 44.0 Å². The molecule has 2 heterocycles. The van der Waals surface area contributed by atoms with Crippen LogP contribution in [0.3, 0.4) is 0 Å². The lowest BCUT2D eigenvalue weighted by molar-refractivity contribution is 0.0496. The third kappa shape index (κ3) is 7.38. The van der Waals surface area contributed by atoms with Gasteiger partial charge in [-0.25, -0.2) is 14.6 Å². The highest BCUT2D eigenvalue weighted by molar-refractivity contribution is 5.93. The number of amides is 1. The number of para-hydroxylation sites is 1. The number of nitrogens with zero attached hydrogens (tertiary/aromatic N) is 2. The fourth-order valence-electron chi connectivity index (χ4n) is 4.02. The first kappa shape index (κ1) is 26.8. The summed E-state index contributed by atoms with van der Waals surface area (Å²) in [6, 6.07) is 18.3. The predicted molar refractivity (Wildman–Crippen MR) is 143 cm³/mol. The van der Waals surface area contributed by atoms with Gasteiger partial charge in [0, 0.05) is 19.1 Å². The first-order valence-electron chi connectivity index (χ1n) is 12.5. The second-order valence-corrected chi connectivity index (χ2v) is 9.93. The molecule has 0 unspecified atom stereocenters. The Balaban J connectivity index is 1.40. The molecule has 0 aliphatic carbocycles. The minimum absolute atomic E-state index is 0.0191. The van der Waals surface area contributed by atoms with Crippen molar-refractivity contribution in [2.24, 2.45) is 0 Å². The van der Waals surface area contributed by atoms with Crippen LogP contribution in [0.4, 0.5) is 10.5 Å². The van der Waals surface area contributed by atoms with Crippen LogP contribution >= 0.6 is 0 Å². The maximum Gasteiger partial charge on any atom is 0.407 e. The molecule has 9 heteroatoms. The van der Waals surface area contributed by atoms with E-state index in [9.17, 15) is 9.59 Å². The van der Waals surface area contributed by atoms with Crippen LogP contribution in [-0.4, -0.2) is 48.9 Å². The van der Waals surface area contributed by atoms with Crippen molar-refractivity contribution in [3.63, 3.8) is 0 Å². The number of nitrogens with one attached hydrogen (secondary N) is 1. The number of methoxy groups -OCH3 is 1. The Bertz CT molecular complexity index is 1230. The van der Waals surface area contributed by atoms with E-state index >= 15 is 0 Å². The largest absolute Gasteiger partial charge is 0.465 e. The molecule has 0 spiro atoms. The van der Waals surface area contributed by atoms with Gasteiger partial charge in [-0.3, -0.25) is 0 Å². The van der Waals surface area contributed by atoms with Gasteiger partial charge in [0.15, 0.2) is 0 Å². The standard InChI is InChI=1S/C29H33N3O6/c1-29(2,3)38-28(34)31-20-14-16-32(17-15-20)21-18-25(27(33)35-4)26(30-19-21)37-24-12-10-23(11-13-24)36-22-8-6-5-7-9-22/h5-13,18-20H,14-17H2,1-4H3,(H,31,34). The number of piperidine rings is 1. The molecule has 1 fully saturated rings. The van der Waals surface area contributed by atoms with Gasteiger partial charge in [-0.2, -0.15) is 0 Å². The van der Waals surface area contributed by atoms with Crippen molar-refractivity contribution in [1.29, 1.82) is 0 Å². The van der Waals surface area contributed by atoms with Crippen LogP contribution in [0.5, 0.6) is 23.1 Å². The molecule has 1 N–H and O–H groups in total. The van der Waals surface area contributed by atoms with Gasteiger partial charge in [0.05, 0.1) is 19.0 Å². The van der Waals surface area contributed by atoms with Gasteiger partial charge in [-0.05, 0) is 76.1 Å². The zero-order valence-corrected chi connectivity index (χ0v) is 22.1. The van der Waals surface area contributed by atoms with Crippen LogP contribution in [0.25, 0.3) is 0 Å². The zero-order chi connectivity index (χ0) is 27.1. The Morgan fingerprint density at radius 1 is 0.921 bits per heavy atom. The fourth-order valence-corrected chi connectivity index (χ4v) is 4.02. The first-order valence-corrected chi connectivity index (χ1v) is 12.5. The van der Waals surface area contributed by atoms with Crippen LogP contribution in [0, 0.1) is 0 Å². The molecule has 38 heavy (non-hydrogen) atoms. The minimum Gasteiger partial charge on any atom is -0.465 e. The molecular formula is C29H33N3O6. The van der Waals surface area contributed by atoms with E-state index in [0.717, 1.165) is 24.3 Å². The summed E-state index contributed by atoms with van der Waals surface area (Å²) < 4.78 is 22.1. The Hall–Kier alpha value is -4.27. The number of hydrogen-bond acceptors (Lipinski definition) is 8. The maximum absolute atomic E-state index is 12.6. The molecule has 200 valence electrons. The molecule has 3 aromatic rings. The molecule has 2 aromatic carbocycles. The smallest absolute Gasteiger partial charge is 0.407 e. The molecule has 0 saturated carbocycles. The lowest BCUT2D eigenvalue weighted by atomic mass is 10.0. The molecule has 4 rings (SSSR count). The number of rotatable bonds is 7. The highest BCUT2D eigenvalue weighted by Crippen LogP contribution is 2.30. The van der Waals surface area contributed by atoms with Gasteiger partial charge in [0.2, 0.25) is 5.88 Å². The number of anilines is 1. The van der Waals surface area contributed by atoms with E-state index in [2.05, 4.69) is 15.2 Å². The van der Waals surface area contributed by atoms with Crippen molar-refractivity contribution in [1.82, 2.24) is 10.3 Å². The average Bonchev–Trinajstić information content (AvgIpc) is 2.89. The third-order valence-corrected chi connectivity index (χ3v) is 5.84. The van der Waals surface area contributed by atoms with Crippen molar-refractivity contribution in [3.8, 4) is 23.1 Å². The fraction of sp³-hybridized carbons (Fsp3) is 0.345. The Labute approximate surface area is 222 Å². The van der Waals surface area contributed by atoms with Crippen LogP contribution < -0.4 is 19.7 Å². The lowest BCUT2D eigenvalue weighted by Gasteiger charge is -2.34. The summed E-state index contributed by atoms with van der Waals surface area (Å²) in [6.07, 6.45) is 2.74. The number of esters is 1. The summed E-state index contributed by atoms with van der Waals surface area (Å²) in [5.41, 5.74) is 0.464. The highest BCUT2D eigenvalue weighted by Gasteiger charge is 2.25. The summed E-state index contributed by atoms with van der Waals surface area (Å²) in [5, 5.41) is 2.93. The number of pyridine rings is 1. The molecule has 0 bridgehead atoms.